The molecule has 1 aromatic rings. The fourth-order valence-corrected chi connectivity index (χ4v) is 2.11. The molecule has 0 aliphatic rings. The van der Waals surface area contributed by atoms with Crippen LogP contribution in [-0.2, 0) is 4.79 Å². The van der Waals surface area contributed by atoms with Crippen LogP contribution in [0.3, 0.4) is 0 Å². The van der Waals surface area contributed by atoms with Gasteiger partial charge in [0.05, 0.1) is 5.02 Å². The van der Waals surface area contributed by atoms with Crippen molar-refractivity contribution in [1.82, 2.24) is 0 Å². The molecule has 23 heavy (non-hydrogen) atoms. The lowest BCUT2D eigenvalue weighted by molar-refractivity contribution is -0.131. The summed E-state index contributed by atoms with van der Waals surface area (Å²) < 4.78 is 5.65. The number of ether oxygens (including phenoxy) is 1. The van der Waals surface area contributed by atoms with Crippen LogP contribution < -0.4 is 4.74 Å². The number of carbonyl (C=O) groups is 1. The topological polar surface area (TPSA) is 46.5 Å². The van der Waals surface area contributed by atoms with Gasteiger partial charge in [-0.2, -0.15) is 0 Å². The van der Waals surface area contributed by atoms with Crippen molar-refractivity contribution in [1.29, 1.82) is 0 Å². The second-order valence-electron chi connectivity index (χ2n) is 5.54. The van der Waals surface area contributed by atoms with Gasteiger partial charge in [-0.3, -0.25) is 0 Å². The van der Waals surface area contributed by atoms with E-state index in [1.807, 2.05) is 6.08 Å². The summed E-state index contributed by atoms with van der Waals surface area (Å²) in [7, 11) is 0. The van der Waals surface area contributed by atoms with Gasteiger partial charge in [-0.1, -0.05) is 34.9 Å². The van der Waals surface area contributed by atoms with Crippen molar-refractivity contribution in [2.45, 2.75) is 33.6 Å². The van der Waals surface area contributed by atoms with E-state index in [0.717, 1.165) is 24.5 Å². The minimum atomic E-state index is -0.991. The summed E-state index contributed by atoms with van der Waals surface area (Å²) in [6.07, 6.45) is 8.89. The lowest BCUT2D eigenvalue weighted by atomic mass is 10.1. The fraction of sp³-hybridized carbons (Fsp3) is 0.316. The largest absolute Gasteiger partial charge is 0.488 e. The van der Waals surface area contributed by atoms with E-state index in [2.05, 4.69) is 26.8 Å². The molecule has 0 aliphatic carbocycles. The summed E-state index contributed by atoms with van der Waals surface area (Å²) >= 11 is 6.14. The molecule has 1 aromatic carbocycles. The molecule has 0 unspecified atom stereocenters. The zero-order chi connectivity index (χ0) is 17.2. The van der Waals surface area contributed by atoms with E-state index in [4.69, 9.17) is 21.4 Å². The Morgan fingerprint density at radius 2 is 2.00 bits per heavy atom. The highest BCUT2D eigenvalue weighted by Crippen LogP contribution is 2.26. The van der Waals surface area contributed by atoms with Gasteiger partial charge in [0.15, 0.2) is 0 Å². The van der Waals surface area contributed by atoms with Crippen LogP contribution in [0, 0.1) is 0 Å². The van der Waals surface area contributed by atoms with Crippen LogP contribution in [0.5, 0.6) is 5.75 Å². The van der Waals surface area contributed by atoms with Crippen LogP contribution in [0.15, 0.2) is 47.6 Å². The van der Waals surface area contributed by atoms with E-state index in [0.29, 0.717) is 17.4 Å². The highest BCUT2D eigenvalue weighted by atomic mass is 35.5. The molecule has 1 rings (SSSR count). The van der Waals surface area contributed by atoms with E-state index < -0.39 is 5.97 Å². The number of carboxylic acids is 1. The standard InChI is InChI=1S/C19H23ClO3/c1-14(2)5-4-6-15(3)11-12-23-18-9-7-16(13-17(18)20)8-10-19(21)22/h5,7-11,13H,4,6,12H2,1-3H3,(H,21,22)/b10-8+,15-11+. The predicted molar refractivity (Wildman–Crippen MR) is 96.0 cm³/mol. The maximum Gasteiger partial charge on any atom is 0.328 e. The molecule has 0 bridgehead atoms. The predicted octanol–water partition coefficient (Wildman–Crippen LogP) is 5.51. The number of halogens is 1. The zero-order valence-electron chi connectivity index (χ0n) is 13.8. The van der Waals surface area contributed by atoms with Gasteiger partial charge >= 0.3 is 5.97 Å². The number of benzene rings is 1. The third-order valence-corrected chi connectivity index (χ3v) is 3.43. The van der Waals surface area contributed by atoms with E-state index in [1.165, 1.54) is 17.2 Å². The number of allylic oxidation sites excluding steroid dienone is 3. The number of aliphatic carboxylic acids is 1. The molecule has 3 nitrogen and oxygen atoms in total. The minimum Gasteiger partial charge on any atom is -0.488 e. The van der Waals surface area contributed by atoms with Gasteiger partial charge < -0.3 is 9.84 Å². The van der Waals surface area contributed by atoms with Gasteiger partial charge in [-0.05, 0) is 63.5 Å². The lowest BCUT2D eigenvalue weighted by Crippen LogP contribution is -1.96. The van der Waals surface area contributed by atoms with Crippen molar-refractivity contribution in [3.63, 3.8) is 0 Å². The van der Waals surface area contributed by atoms with Crippen LogP contribution >= 0.6 is 11.6 Å². The Morgan fingerprint density at radius 1 is 1.26 bits per heavy atom. The first-order chi connectivity index (χ1) is 10.9. The molecule has 124 valence electrons. The molecule has 4 heteroatoms. The maximum absolute atomic E-state index is 10.5. The molecule has 0 aromatic heterocycles. The average Bonchev–Trinajstić information content (AvgIpc) is 2.46. The Morgan fingerprint density at radius 3 is 2.61 bits per heavy atom. The zero-order valence-corrected chi connectivity index (χ0v) is 14.6. The molecule has 1 N–H and O–H groups in total. The molecular weight excluding hydrogens is 312 g/mol. The molecule has 0 heterocycles. The van der Waals surface area contributed by atoms with Gasteiger partial charge in [-0.15, -0.1) is 0 Å². The first-order valence-electron chi connectivity index (χ1n) is 7.51. The van der Waals surface area contributed by atoms with Crippen molar-refractivity contribution >= 4 is 23.6 Å². The van der Waals surface area contributed by atoms with Gasteiger partial charge in [0, 0.05) is 6.08 Å². The van der Waals surface area contributed by atoms with Crippen LogP contribution in [-0.4, -0.2) is 17.7 Å². The Kier molecular flexibility index (Phi) is 8.20. The van der Waals surface area contributed by atoms with Crippen LogP contribution in [0.2, 0.25) is 5.02 Å². The third-order valence-electron chi connectivity index (χ3n) is 3.14. The van der Waals surface area contributed by atoms with E-state index in [1.54, 1.807) is 18.2 Å². The quantitative estimate of drug-likeness (QED) is 0.503. The van der Waals surface area contributed by atoms with E-state index >= 15 is 0 Å². The van der Waals surface area contributed by atoms with Gasteiger partial charge in [0.25, 0.3) is 0 Å². The van der Waals surface area contributed by atoms with E-state index in [-0.39, 0.29) is 0 Å². The summed E-state index contributed by atoms with van der Waals surface area (Å²) in [5.74, 6) is -0.400. The average molecular weight is 335 g/mol. The van der Waals surface area contributed by atoms with Crippen molar-refractivity contribution in [3.8, 4) is 5.75 Å². The summed E-state index contributed by atoms with van der Waals surface area (Å²) in [6, 6.07) is 5.20. The first kappa shape index (κ1) is 19.0. The van der Waals surface area contributed by atoms with Crippen LogP contribution in [0.1, 0.15) is 39.2 Å². The Hall–Kier alpha value is -2.00. The molecule has 0 spiro atoms. The smallest absolute Gasteiger partial charge is 0.328 e. The number of rotatable bonds is 8. The fourth-order valence-electron chi connectivity index (χ4n) is 1.87. The van der Waals surface area contributed by atoms with Crippen molar-refractivity contribution in [2.24, 2.45) is 0 Å². The highest BCUT2D eigenvalue weighted by Gasteiger charge is 2.02. The Labute approximate surface area is 142 Å². The van der Waals surface area contributed by atoms with Crippen molar-refractivity contribution in [3.05, 3.63) is 58.2 Å². The summed E-state index contributed by atoms with van der Waals surface area (Å²) in [5, 5.41) is 9.07. The normalized spacial score (nSPS) is 11.6. The molecule has 0 aliphatic heterocycles. The van der Waals surface area contributed by atoms with E-state index in [9.17, 15) is 4.79 Å². The first-order valence-corrected chi connectivity index (χ1v) is 7.88. The highest BCUT2D eigenvalue weighted by molar-refractivity contribution is 6.32. The summed E-state index contributed by atoms with van der Waals surface area (Å²) in [5.41, 5.74) is 3.33. The molecule has 0 radical (unpaired) electrons. The second-order valence-corrected chi connectivity index (χ2v) is 5.95. The molecule has 0 fully saturated rings. The minimum absolute atomic E-state index is 0.463. The number of hydrogen-bond donors (Lipinski definition) is 1. The molecule has 0 amide bonds. The van der Waals surface area contributed by atoms with Gasteiger partial charge in [0.2, 0.25) is 0 Å². The Balaban J connectivity index is 2.55. The van der Waals surface area contributed by atoms with Crippen LogP contribution in [0.4, 0.5) is 0 Å². The molecular formula is C19H23ClO3. The third kappa shape index (κ3) is 8.27. The summed E-state index contributed by atoms with van der Waals surface area (Å²) in [4.78, 5) is 10.5. The summed E-state index contributed by atoms with van der Waals surface area (Å²) in [6.45, 7) is 6.74. The van der Waals surface area contributed by atoms with Crippen LogP contribution in [0.25, 0.3) is 6.08 Å². The van der Waals surface area contributed by atoms with Gasteiger partial charge in [-0.25, -0.2) is 4.79 Å². The second kappa shape index (κ2) is 9.90. The van der Waals surface area contributed by atoms with Gasteiger partial charge in [0.1, 0.15) is 12.4 Å². The molecule has 0 atom stereocenters. The Bertz CT molecular complexity index is 624. The van der Waals surface area contributed by atoms with Crippen molar-refractivity contribution in [2.75, 3.05) is 6.61 Å². The lowest BCUT2D eigenvalue weighted by Gasteiger charge is -2.07. The number of hydrogen-bond acceptors (Lipinski definition) is 2. The monoisotopic (exact) mass is 334 g/mol. The SMILES string of the molecule is CC(C)=CCC/C(C)=C/COc1ccc(/C=C/C(=O)O)cc1Cl. The van der Waals surface area contributed by atoms with Crippen molar-refractivity contribution < 1.29 is 14.6 Å². The molecule has 0 saturated carbocycles. The maximum atomic E-state index is 10.5. The molecule has 0 saturated heterocycles. The number of carboxylic acid groups (broad SMARTS) is 1.